The zero-order valence-electron chi connectivity index (χ0n) is 11.2. The molecule has 2 aromatic carbocycles. The van der Waals surface area contributed by atoms with E-state index in [1.54, 1.807) is 24.3 Å². The third-order valence-corrected chi connectivity index (χ3v) is 2.53. The van der Waals surface area contributed by atoms with Crippen molar-refractivity contribution in [2.45, 2.75) is 6.61 Å². The summed E-state index contributed by atoms with van der Waals surface area (Å²) in [6.07, 6.45) is 1.51. The Morgan fingerprint density at radius 2 is 1.95 bits per heavy atom. The van der Waals surface area contributed by atoms with Crippen molar-refractivity contribution in [2.75, 3.05) is 0 Å². The van der Waals surface area contributed by atoms with E-state index >= 15 is 0 Å². The van der Waals surface area contributed by atoms with Gasteiger partial charge in [-0.25, -0.2) is 4.39 Å². The second-order valence-electron chi connectivity index (χ2n) is 4.26. The number of hydrogen-bond acceptors (Lipinski definition) is 3. The molecule has 0 heterocycles. The molecule has 0 fully saturated rings. The van der Waals surface area contributed by atoms with Crippen molar-refractivity contribution in [3.8, 4) is 5.75 Å². The Hall–Kier alpha value is -2.89. The van der Waals surface area contributed by atoms with Gasteiger partial charge in [-0.15, -0.1) is 5.10 Å². The number of benzene rings is 2. The highest BCUT2D eigenvalue weighted by atomic mass is 19.1. The zero-order valence-corrected chi connectivity index (χ0v) is 11.2. The van der Waals surface area contributed by atoms with Gasteiger partial charge >= 0.3 is 0 Å². The van der Waals surface area contributed by atoms with Gasteiger partial charge in [0.15, 0.2) is 0 Å². The maximum atomic E-state index is 13.1. The maximum absolute atomic E-state index is 13.1. The molecule has 0 saturated carbocycles. The molecular formula is C15H15FN4O. The van der Waals surface area contributed by atoms with Gasteiger partial charge in [0.25, 0.3) is 0 Å². The Balaban J connectivity index is 2.01. The minimum atomic E-state index is -0.283. The molecule has 0 aliphatic rings. The van der Waals surface area contributed by atoms with Crippen LogP contribution < -0.4 is 16.2 Å². The third-order valence-electron chi connectivity index (χ3n) is 2.53. The Morgan fingerprint density at radius 1 is 1.14 bits per heavy atom. The summed E-state index contributed by atoms with van der Waals surface area (Å²) in [6, 6.07) is 13.5. The van der Waals surface area contributed by atoms with Crippen LogP contribution in [0.4, 0.5) is 4.39 Å². The van der Waals surface area contributed by atoms with E-state index in [2.05, 4.69) is 10.2 Å². The summed E-state index contributed by atoms with van der Waals surface area (Å²) in [5, 5.41) is 7.23. The lowest BCUT2D eigenvalue weighted by molar-refractivity contribution is 0.305. The van der Waals surface area contributed by atoms with Crippen molar-refractivity contribution in [1.29, 1.82) is 0 Å². The first-order chi connectivity index (χ1) is 10.1. The normalized spacial score (nSPS) is 10.5. The summed E-state index contributed by atoms with van der Waals surface area (Å²) >= 11 is 0. The van der Waals surface area contributed by atoms with Crippen LogP contribution in [-0.4, -0.2) is 12.2 Å². The van der Waals surface area contributed by atoms with Crippen LogP contribution in [0.5, 0.6) is 5.75 Å². The molecule has 5 nitrogen and oxygen atoms in total. The number of nitrogens with zero attached hydrogens (tertiary/aromatic N) is 2. The molecular weight excluding hydrogens is 271 g/mol. The van der Waals surface area contributed by atoms with Crippen molar-refractivity contribution in [1.82, 2.24) is 0 Å². The van der Waals surface area contributed by atoms with Crippen LogP contribution in [0, 0.1) is 5.82 Å². The molecule has 0 aliphatic heterocycles. The van der Waals surface area contributed by atoms with E-state index in [0.717, 1.165) is 11.1 Å². The predicted octanol–water partition coefficient (Wildman–Crippen LogP) is 2.01. The van der Waals surface area contributed by atoms with Crippen molar-refractivity contribution >= 4 is 12.2 Å². The average Bonchev–Trinajstić information content (AvgIpc) is 2.45. The topological polar surface area (TPSA) is 86.0 Å². The number of guanidine groups is 1. The van der Waals surface area contributed by atoms with Gasteiger partial charge in [-0.05, 0) is 35.4 Å². The molecule has 0 amide bonds. The van der Waals surface area contributed by atoms with Crippen LogP contribution in [0.1, 0.15) is 11.1 Å². The predicted molar refractivity (Wildman–Crippen MR) is 80.6 cm³/mol. The van der Waals surface area contributed by atoms with E-state index in [4.69, 9.17) is 16.2 Å². The van der Waals surface area contributed by atoms with Gasteiger partial charge in [0, 0.05) is 0 Å². The van der Waals surface area contributed by atoms with Crippen LogP contribution in [0.2, 0.25) is 0 Å². The Kier molecular flexibility index (Phi) is 4.87. The number of nitrogens with two attached hydrogens (primary N) is 2. The largest absolute Gasteiger partial charge is 0.489 e. The first-order valence-electron chi connectivity index (χ1n) is 6.23. The summed E-state index contributed by atoms with van der Waals surface area (Å²) in [7, 11) is 0. The number of halogens is 1. The highest BCUT2D eigenvalue weighted by molar-refractivity contribution is 5.81. The van der Waals surface area contributed by atoms with Crippen LogP contribution >= 0.6 is 0 Å². The monoisotopic (exact) mass is 286 g/mol. The molecule has 0 atom stereocenters. The van der Waals surface area contributed by atoms with Crippen LogP contribution in [0.15, 0.2) is 58.7 Å². The van der Waals surface area contributed by atoms with E-state index in [-0.39, 0.29) is 18.4 Å². The molecule has 0 saturated heterocycles. The quantitative estimate of drug-likeness (QED) is 0.501. The molecule has 0 spiro atoms. The third kappa shape index (κ3) is 4.94. The number of ether oxygens (including phenoxy) is 1. The van der Waals surface area contributed by atoms with Gasteiger partial charge in [-0.1, -0.05) is 24.3 Å². The molecule has 108 valence electrons. The molecule has 0 radical (unpaired) electrons. The Labute approximate surface area is 121 Å². The Bertz CT molecular complexity index is 666. The lowest BCUT2D eigenvalue weighted by Gasteiger charge is -2.06. The van der Waals surface area contributed by atoms with Crippen LogP contribution in [0.25, 0.3) is 0 Å². The average molecular weight is 286 g/mol. The van der Waals surface area contributed by atoms with Gasteiger partial charge in [0.05, 0.1) is 6.21 Å². The number of rotatable bonds is 5. The summed E-state index contributed by atoms with van der Waals surface area (Å²) < 4.78 is 18.7. The molecule has 2 rings (SSSR count). The molecule has 0 aliphatic carbocycles. The maximum Gasteiger partial charge on any atom is 0.211 e. The van der Waals surface area contributed by atoms with Gasteiger partial charge in [-0.3, -0.25) is 0 Å². The summed E-state index contributed by atoms with van der Waals surface area (Å²) in [4.78, 5) is 0. The minimum absolute atomic E-state index is 0.107. The summed E-state index contributed by atoms with van der Waals surface area (Å²) in [5.74, 6) is 0.256. The molecule has 21 heavy (non-hydrogen) atoms. The van der Waals surface area contributed by atoms with Gasteiger partial charge in [0.2, 0.25) is 5.96 Å². The fourth-order valence-electron chi connectivity index (χ4n) is 1.64. The summed E-state index contributed by atoms with van der Waals surface area (Å²) in [6.45, 7) is 0.284. The second kappa shape index (κ2) is 7.04. The standard InChI is InChI=1S/C15H15FN4O/c16-13-5-1-4-12(7-13)10-21-14-6-2-3-11(8-14)9-19-20-15(17)18/h1-9H,10H2,(H4,17,18,20). The lowest BCUT2D eigenvalue weighted by atomic mass is 10.2. The van der Waals surface area contributed by atoms with E-state index < -0.39 is 0 Å². The zero-order chi connectivity index (χ0) is 15.1. The van der Waals surface area contributed by atoms with E-state index in [1.165, 1.54) is 18.3 Å². The van der Waals surface area contributed by atoms with E-state index in [1.807, 2.05) is 12.1 Å². The fourth-order valence-corrected chi connectivity index (χ4v) is 1.64. The molecule has 4 N–H and O–H groups in total. The molecule has 6 heteroatoms. The Morgan fingerprint density at radius 3 is 2.71 bits per heavy atom. The van der Waals surface area contributed by atoms with Gasteiger partial charge < -0.3 is 16.2 Å². The highest BCUT2D eigenvalue weighted by Crippen LogP contribution is 2.14. The van der Waals surface area contributed by atoms with Crippen molar-refractivity contribution in [2.24, 2.45) is 21.7 Å². The van der Waals surface area contributed by atoms with Gasteiger partial charge in [-0.2, -0.15) is 5.10 Å². The van der Waals surface area contributed by atoms with Gasteiger partial charge in [0.1, 0.15) is 18.2 Å². The lowest BCUT2D eigenvalue weighted by Crippen LogP contribution is -2.21. The summed E-state index contributed by atoms with van der Waals surface area (Å²) in [5.41, 5.74) is 11.9. The molecule has 2 aromatic rings. The van der Waals surface area contributed by atoms with Crippen molar-refractivity contribution in [3.63, 3.8) is 0 Å². The molecule has 0 bridgehead atoms. The first-order valence-corrected chi connectivity index (χ1v) is 6.23. The highest BCUT2D eigenvalue weighted by Gasteiger charge is 1.98. The van der Waals surface area contributed by atoms with Crippen LogP contribution in [0.3, 0.4) is 0 Å². The van der Waals surface area contributed by atoms with Crippen molar-refractivity contribution < 1.29 is 9.13 Å². The number of hydrogen-bond donors (Lipinski definition) is 2. The fraction of sp³-hybridized carbons (Fsp3) is 0.0667. The molecule has 0 unspecified atom stereocenters. The molecule has 0 aromatic heterocycles. The van der Waals surface area contributed by atoms with E-state index in [0.29, 0.717) is 5.75 Å². The SMILES string of the molecule is NC(N)=NN=Cc1cccc(OCc2cccc(F)c2)c1. The van der Waals surface area contributed by atoms with Crippen LogP contribution in [-0.2, 0) is 6.61 Å². The van der Waals surface area contributed by atoms with Crippen molar-refractivity contribution in [3.05, 3.63) is 65.5 Å². The minimum Gasteiger partial charge on any atom is -0.489 e. The van der Waals surface area contributed by atoms with E-state index in [9.17, 15) is 4.39 Å². The smallest absolute Gasteiger partial charge is 0.211 e. The second-order valence-corrected chi connectivity index (χ2v) is 4.26. The first kappa shape index (κ1) is 14.5.